The number of carbonyl (C=O) groups is 1. The van der Waals surface area contributed by atoms with Gasteiger partial charge in [0.05, 0.1) is 4.88 Å². The lowest BCUT2D eigenvalue weighted by atomic mass is 9.88. The predicted molar refractivity (Wildman–Crippen MR) is 83.4 cm³/mol. The van der Waals surface area contributed by atoms with Gasteiger partial charge < -0.3 is 10.4 Å². The molecule has 1 heterocycles. The molecule has 0 bridgehead atoms. The summed E-state index contributed by atoms with van der Waals surface area (Å²) < 4.78 is 0. The summed E-state index contributed by atoms with van der Waals surface area (Å²) in [6.45, 7) is 5.13. The van der Waals surface area contributed by atoms with Crippen LogP contribution in [0.5, 0.6) is 0 Å². The summed E-state index contributed by atoms with van der Waals surface area (Å²) in [7, 11) is 0. The van der Waals surface area contributed by atoms with Crippen molar-refractivity contribution in [3.63, 3.8) is 0 Å². The standard InChI is InChI=1S/C16H25NO2S/c1-16(2,8-5-9-18)11-17-15(19)14-10-12-6-3-4-7-13(12)20-14/h10,18H,3-9,11H2,1-2H3,(H,17,19). The minimum Gasteiger partial charge on any atom is -0.396 e. The molecule has 1 aromatic rings. The summed E-state index contributed by atoms with van der Waals surface area (Å²) in [4.78, 5) is 14.5. The fraction of sp³-hybridized carbons (Fsp3) is 0.688. The van der Waals surface area contributed by atoms with E-state index in [0.29, 0.717) is 6.54 Å². The van der Waals surface area contributed by atoms with Crippen LogP contribution in [0.15, 0.2) is 6.07 Å². The molecule has 0 spiro atoms. The van der Waals surface area contributed by atoms with Crippen LogP contribution in [0.1, 0.15) is 59.6 Å². The van der Waals surface area contributed by atoms with Crippen molar-refractivity contribution in [3.05, 3.63) is 21.4 Å². The number of carbonyl (C=O) groups excluding carboxylic acids is 1. The highest BCUT2D eigenvalue weighted by molar-refractivity contribution is 7.14. The third kappa shape index (κ3) is 4.06. The third-order valence-electron chi connectivity index (χ3n) is 3.96. The Hall–Kier alpha value is -0.870. The van der Waals surface area contributed by atoms with Crippen LogP contribution >= 0.6 is 11.3 Å². The number of hydrogen-bond donors (Lipinski definition) is 2. The topological polar surface area (TPSA) is 49.3 Å². The quantitative estimate of drug-likeness (QED) is 0.847. The van der Waals surface area contributed by atoms with Gasteiger partial charge in [-0.2, -0.15) is 0 Å². The van der Waals surface area contributed by atoms with Crippen LogP contribution in [0.25, 0.3) is 0 Å². The Labute approximate surface area is 125 Å². The Morgan fingerprint density at radius 3 is 2.85 bits per heavy atom. The van der Waals surface area contributed by atoms with Crippen LogP contribution in [0, 0.1) is 5.41 Å². The third-order valence-corrected chi connectivity index (χ3v) is 5.20. The molecule has 1 aromatic heterocycles. The molecule has 20 heavy (non-hydrogen) atoms. The zero-order valence-corrected chi connectivity index (χ0v) is 13.3. The van der Waals surface area contributed by atoms with Crippen molar-refractivity contribution in [2.75, 3.05) is 13.2 Å². The van der Waals surface area contributed by atoms with Gasteiger partial charge in [-0.25, -0.2) is 0 Å². The minimum atomic E-state index is 0.0370. The normalized spacial score (nSPS) is 14.9. The number of aliphatic hydroxyl groups excluding tert-OH is 1. The first-order valence-corrected chi connectivity index (χ1v) is 8.34. The Morgan fingerprint density at radius 2 is 2.15 bits per heavy atom. The number of nitrogens with one attached hydrogen (secondary N) is 1. The van der Waals surface area contributed by atoms with Gasteiger partial charge in [0.1, 0.15) is 0 Å². The summed E-state index contributed by atoms with van der Waals surface area (Å²) in [6, 6.07) is 2.08. The second kappa shape index (κ2) is 6.72. The van der Waals surface area contributed by atoms with E-state index in [9.17, 15) is 4.79 Å². The molecule has 0 unspecified atom stereocenters. The van der Waals surface area contributed by atoms with Crippen molar-refractivity contribution in [2.45, 2.75) is 52.4 Å². The van der Waals surface area contributed by atoms with E-state index in [1.807, 2.05) is 0 Å². The highest BCUT2D eigenvalue weighted by atomic mass is 32.1. The second-order valence-electron chi connectivity index (χ2n) is 6.44. The molecule has 0 atom stereocenters. The molecule has 2 rings (SSSR count). The molecular formula is C16H25NO2S. The summed E-state index contributed by atoms with van der Waals surface area (Å²) in [5.41, 5.74) is 1.42. The van der Waals surface area contributed by atoms with E-state index in [1.165, 1.54) is 23.3 Å². The molecule has 1 aliphatic rings. The van der Waals surface area contributed by atoms with E-state index in [0.717, 1.165) is 30.6 Å². The number of thiophene rings is 1. The Morgan fingerprint density at radius 1 is 1.40 bits per heavy atom. The fourth-order valence-electron chi connectivity index (χ4n) is 2.66. The maximum atomic E-state index is 12.2. The predicted octanol–water partition coefficient (Wildman–Crippen LogP) is 3.16. The van der Waals surface area contributed by atoms with E-state index in [-0.39, 0.29) is 17.9 Å². The van der Waals surface area contributed by atoms with Crippen LogP contribution < -0.4 is 5.32 Å². The van der Waals surface area contributed by atoms with Crippen molar-refractivity contribution < 1.29 is 9.90 Å². The van der Waals surface area contributed by atoms with Crippen molar-refractivity contribution in [1.29, 1.82) is 0 Å². The molecule has 4 heteroatoms. The molecule has 0 aromatic carbocycles. The van der Waals surface area contributed by atoms with Gasteiger partial charge in [0.25, 0.3) is 5.91 Å². The number of fused-ring (bicyclic) bond motifs is 1. The Kier molecular flexibility index (Phi) is 5.22. The SMILES string of the molecule is CC(C)(CCCO)CNC(=O)c1cc2c(s1)CCCC2. The van der Waals surface area contributed by atoms with Gasteiger partial charge in [-0.1, -0.05) is 13.8 Å². The van der Waals surface area contributed by atoms with Crippen LogP contribution in [0.3, 0.4) is 0 Å². The van der Waals surface area contributed by atoms with E-state index < -0.39 is 0 Å². The number of hydrogen-bond acceptors (Lipinski definition) is 3. The van der Waals surface area contributed by atoms with Crippen LogP contribution in [0.2, 0.25) is 0 Å². The monoisotopic (exact) mass is 295 g/mol. The van der Waals surface area contributed by atoms with Crippen LogP contribution in [-0.2, 0) is 12.8 Å². The summed E-state index contributed by atoms with van der Waals surface area (Å²) in [6.07, 6.45) is 6.47. The van der Waals surface area contributed by atoms with Gasteiger partial charge in [-0.3, -0.25) is 4.79 Å². The molecular weight excluding hydrogens is 270 g/mol. The molecule has 2 N–H and O–H groups in total. The molecule has 112 valence electrons. The molecule has 1 amide bonds. The first-order valence-electron chi connectivity index (χ1n) is 7.52. The maximum absolute atomic E-state index is 12.2. The average molecular weight is 295 g/mol. The second-order valence-corrected chi connectivity index (χ2v) is 7.58. The molecule has 0 fully saturated rings. The largest absolute Gasteiger partial charge is 0.396 e. The summed E-state index contributed by atoms with van der Waals surface area (Å²) in [5.74, 6) is 0.0569. The molecule has 0 radical (unpaired) electrons. The first kappa shape index (κ1) is 15.5. The zero-order chi connectivity index (χ0) is 14.6. The molecule has 0 aliphatic heterocycles. The molecule has 0 saturated heterocycles. The Balaban J connectivity index is 1.90. The lowest BCUT2D eigenvalue weighted by molar-refractivity contribution is 0.0937. The molecule has 1 aliphatic carbocycles. The number of aliphatic hydroxyl groups is 1. The van der Waals surface area contributed by atoms with Gasteiger partial charge in [-0.05, 0) is 55.6 Å². The lowest BCUT2D eigenvalue weighted by Crippen LogP contribution is -2.33. The number of amides is 1. The van der Waals surface area contributed by atoms with Gasteiger partial charge in [0.15, 0.2) is 0 Å². The summed E-state index contributed by atoms with van der Waals surface area (Å²) >= 11 is 1.66. The maximum Gasteiger partial charge on any atom is 0.261 e. The molecule has 3 nitrogen and oxygen atoms in total. The average Bonchev–Trinajstić information content (AvgIpc) is 2.86. The highest BCUT2D eigenvalue weighted by Gasteiger charge is 2.21. The molecule has 0 saturated carbocycles. The van der Waals surface area contributed by atoms with Crippen LogP contribution in [-0.4, -0.2) is 24.2 Å². The van der Waals surface area contributed by atoms with Gasteiger partial charge in [0, 0.05) is 18.0 Å². The highest BCUT2D eigenvalue weighted by Crippen LogP contribution is 2.29. The van der Waals surface area contributed by atoms with Gasteiger partial charge in [-0.15, -0.1) is 11.3 Å². The smallest absolute Gasteiger partial charge is 0.261 e. The van der Waals surface area contributed by atoms with E-state index in [4.69, 9.17) is 5.11 Å². The van der Waals surface area contributed by atoms with Crippen molar-refractivity contribution in [3.8, 4) is 0 Å². The van der Waals surface area contributed by atoms with E-state index >= 15 is 0 Å². The zero-order valence-electron chi connectivity index (χ0n) is 12.5. The fourth-order valence-corrected chi connectivity index (χ4v) is 3.83. The summed E-state index contributed by atoms with van der Waals surface area (Å²) in [5, 5.41) is 11.9. The van der Waals surface area contributed by atoms with Crippen molar-refractivity contribution in [1.82, 2.24) is 5.32 Å². The van der Waals surface area contributed by atoms with E-state index in [1.54, 1.807) is 11.3 Å². The Bertz CT molecular complexity index is 442. The van der Waals surface area contributed by atoms with Crippen molar-refractivity contribution in [2.24, 2.45) is 5.41 Å². The van der Waals surface area contributed by atoms with Crippen LogP contribution in [0.4, 0.5) is 0 Å². The first-order chi connectivity index (χ1) is 9.52. The number of aryl methyl sites for hydroxylation is 2. The number of rotatable bonds is 6. The lowest BCUT2D eigenvalue weighted by Gasteiger charge is -2.24. The van der Waals surface area contributed by atoms with Gasteiger partial charge >= 0.3 is 0 Å². The van der Waals surface area contributed by atoms with Gasteiger partial charge in [0.2, 0.25) is 0 Å². The van der Waals surface area contributed by atoms with Crippen molar-refractivity contribution >= 4 is 17.2 Å². The van der Waals surface area contributed by atoms with E-state index in [2.05, 4.69) is 25.2 Å². The minimum absolute atomic E-state index is 0.0370.